The lowest BCUT2D eigenvalue weighted by molar-refractivity contribution is 0.106. The van der Waals surface area contributed by atoms with Crippen LogP contribution in [0.5, 0.6) is 5.75 Å². The molecule has 0 aromatic heterocycles. The highest BCUT2D eigenvalue weighted by Crippen LogP contribution is 2.33. The van der Waals surface area contributed by atoms with E-state index in [1.54, 1.807) is 0 Å². The number of nitrogens with one attached hydrogen (secondary N) is 1. The van der Waals surface area contributed by atoms with Crippen LogP contribution in [-0.2, 0) is 0 Å². The van der Waals surface area contributed by atoms with Crippen molar-refractivity contribution in [3.63, 3.8) is 0 Å². The standard InChI is InChI=1S/C17H27NO2/c1-13-5-3-6-14(2)17(13)20-12-16(19)11-18-10-4-7-15-8-9-15/h3,5-6,15-16,18-19H,4,7-12H2,1-2H3. The predicted octanol–water partition coefficient (Wildman–Crippen LogP) is 2.82. The molecule has 0 amide bonds. The SMILES string of the molecule is Cc1cccc(C)c1OCC(O)CNCCCC1CC1. The molecular formula is C17H27NO2. The molecule has 112 valence electrons. The maximum absolute atomic E-state index is 9.93. The van der Waals surface area contributed by atoms with Crippen molar-refractivity contribution in [2.45, 2.75) is 45.6 Å². The highest BCUT2D eigenvalue weighted by molar-refractivity contribution is 5.39. The smallest absolute Gasteiger partial charge is 0.125 e. The minimum Gasteiger partial charge on any atom is -0.490 e. The van der Waals surface area contributed by atoms with E-state index >= 15 is 0 Å². The predicted molar refractivity (Wildman–Crippen MR) is 82.2 cm³/mol. The second-order valence-electron chi connectivity index (χ2n) is 5.98. The molecule has 1 aliphatic carbocycles. The summed E-state index contributed by atoms with van der Waals surface area (Å²) in [5, 5.41) is 13.2. The molecule has 0 aliphatic heterocycles. The Bertz CT molecular complexity index is 395. The van der Waals surface area contributed by atoms with Gasteiger partial charge in [0.2, 0.25) is 0 Å². The first-order chi connectivity index (χ1) is 9.66. The van der Waals surface area contributed by atoms with Crippen molar-refractivity contribution in [2.75, 3.05) is 19.7 Å². The van der Waals surface area contributed by atoms with Crippen LogP contribution in [0.4, 0.5) is 0 Å². The summed E-state index contributed by atoms with van der Waals surface area (Å²) in [6.45, 7) is 6.02. The third-order valence-electron chi connectivity index (χ3n) is 3.87. The van der Waals surface area contributed by atoms with Gasteiger partial charge < -0.3 is 15.2 Å². The van der Waals surface area contributed by atoms with Crippen molar-refractivity contribution in [3.8, 4) is 5.75 Å². The van der Waals surface area contributed by atoms with Gasteiger partial charge in [-0.2, -0.15) is 0 Å². The second kappa shape index (κ2) is 7.65. The zero-order chi connectivity index (χ0) is 14.4. The minimum atomic E-state index is -0.449. The van der Waals surface area contributed by atoms with E-state index in [1.165, 1.54) is 25.7 Å². The molecule has 0 bridgehead atoms. The molecule has 0 heterocycles. The van der Waals surface area contributed by atoms with Crippen LogP contribution in [0.1, 0.15) is 36.8 Å². The zero-order valence-corrected chi connectivity index (χ0v) is 12.7. The average Bonchev–Trinajstić information content (AvgIpc) is 3.22. The van der Waals surface area contributed by atoms with Crippen molar-refractivity contribution >= 4 is 0 Å². The fraction of sp³-hybridized carbons (Fsp3) is 0.647. The van der Waals surface area contributed by atoms with E-state index < -0.39 is 6.10 Å². The largest absolute Gasteiger partial charge is 0.490 e. The van der Waals surface area contributed by atoms with E-state index in [4.69, 9.17) is 4.74 Å². The number of hydrogen-bond acceptors (Lipinski definition) is 3. The van der Waals surface area contributed by atoms with E-state index in [9.17, 15) is 5.11 Å². The van der Waals surface area contributed by atoms with E-state index in [1.807, 2.05) is 32.0 Å². The summed E-state index contributed by atoms with van der Waals surface area (Å²) in [4.78, 5) is 0. The van der Waals surface area contributed by atoms with Crippen LogP contribution in [0.15, 0.2) is 18.2 Å². The minimum absolute atomic E-state index is 0.349. The van der Waals surface area contributed by atoms with Crippen LogP contribution in [0.3, 0.4) is 0 Å². The molecule has 1 atom stereocenters. The first-order valence-corrected chi connectivity index (χ1v) is 7.74. The molecule has 1 aromatic rings. The van der Waals surface area contributed by atoms with Gasteiger partial charge in [-0.05, 0) is 50.3 Å². The number of para-hydroxylation sites is 1. The zero-order valence-electron chi connectivity index (χ0n) is 12.7. The number of rotatable bonds is 9. The third-order valence-corrected chi connectivity index (χ3v) is 3.87. The highest BCUT2D eigenvalue weighted by atomic mass is 16.5. The van der Waals surface area contributed by atoms with Gasteiger partial charge >= 0.3 is 0 Å². The average molecular weight is 277 g/mol. The maximum atomic E-state index is 9.93. The van der Waals surface area contributed by atoms with Gasteiger partial charge in [0.25, 0.3) is 0 Å². The monoisotopic (exact) mass is 277 g/mol. The lowest BCUT2D eigenvalue weighted by atomic mass is 10.1. The molecule has 1 aromatic carbocycles. The molecule has 20 heavy (non-hydrogen) atoms. The van der Waals surface area contributed by atoms with Crippen LogP contribution in [0, 0.1) is 19.8 Å². The van der Waals surface area contributed by atoms with E-state index in [0.29, 0.717) is 13.2 Å². The Hall–Kier alpha value is -1.06. The van der Waals surface area contributed by atoms with Gasteiger partial charge in [0.05, 0.1) is 0 Å². The molecular weight excluding hydrogens is 250 g/mol. The van der Waals surface area contributed by atoms with Crippen molar-refractivity contribution in [3.05, 3.63) is 29.3 Å². The fourth-order valence-electron chi connectivity index (χ4n) is 2.46. The van der Waals surface area contributed by atoms with E-state index in [-0.39, 0.29) is 0 Å². The number of ether oxygens (including phenoxy) is 1. The highest BCUT2D eigenvalue weighted by Gasteiger charge is 2.19. The number of benzene rings is 1. The molecule has 2 N–H and O–H groups in total. The van der Waals surface area contributed by atoms with Gasteiger partial charge in [0.1, 0.15) is 18.5 Å². The molecule has 1 saturated carbocycles. The summed E-state index contributed by atoms with van der Waals surface area (Å²) in [5.74, 6) is 1.90. The topological polar surface area (TPSA) is 41.5 Å². The molecule has 1 unspecified atom stereocenters. The third kappa shape index (κ3) is 5.14. The number of hydrogen-bond donors (Lipinski definition) is 2. The molecule has 0 radical (unpaired) electrons. The van der Waals surface area contributed by atoms with Crippen LogP contribution >= 0.6 is 0 Å². The number of aliphatic hydroxyl groups is 1. The Labute approximate surface area is 122 Å². The van der Waals surface area contributed by atoms with Gasteiger partial charge in [-0.3, -0.25) is 0 Å². The van der Waals surface area contributed by atoms with Gasteiger partial charge in [-0.15, -0.1) is 0 Å². The van der Waals surface area contributed by atoms with Gasteiger partial charge in [0.15, 0.2) is 0 Å². The van der Waals surface area contributed by atoms with Crippen LogP contribution in [0.2, 0.25) is 0 Å². The Kier molecular flexibility index (Phi) is 5.86. The summed E-state index contributed by atoms with van der Waals surface area (Å²) in [6.07, 6.45) is 4.95. The quantitative estimate of drug-likeness (QED) is 0.682. The maximum Gasteiger partial charge on any atom is 0.125 e. The second-order valence-corrected chi connectivity index (χ2v) is 5.98. The van der Waals surface area contributed by atoms with Crippen LogP contribution < -0.4 is 10.1 Å². The first kappa shape index (κ1) is 15.3. The lowest BCUT2D eigenvalue weighted by Crippen LogP contribution is -2.32. The number of aryl methyl sites for hydroxylation is 2. The summed E-state index contributed by atoms with van der Waals surface area (Å²) in [7, 11) is 0. The number of aliphatic hydroxyl groups excluding tert-OH is 1. The van der Waals surface area contributed by atoms with Crippen molar-refractivity contribution in [1.29, 1.82) is 0 Å². The normalized spacial score (nSPS) is 16.1. The van der Waals surface area contributed by atoms with Gasteiger partial charge in [0, 0.05) is 6.54 Å². The Morgan fingerprint density at radius 3 is 2.65 bits per heavy atom. The fourth-order valence-corrected chi connectivity index (χ4v) is 2.46. The van der Waals surface area contributed by atoms with E-state index in [2.05, 4.69) is 5.32 Å². The molecule has 1 aliphatic rings. The van der Waals surface area contributed by atoms with Gasteiger partial charge in [-0.25, -0.2) is 0 Å². The molecule has 0 saturated heterocycles. The first-order valence-electron chi connectivity index (χ1n) is 7.74. The Morgan fingerprint density at radius 1 is 1.30 bits per heavy atom. The summed E-state index contributed by atoms with van der Waals surface area (Å²) < 4.78 is 5.74. The van der Waals surface area contributed by atoms with Crippen LogP contribution in [0.25, 0.3) is 0 Å². The lowest BCUT2D eigenvalue weighted by Gasteiger charge is -2.16. The van der Waals surface area contributed by atoms with Crippen molar-refractivity contribution in [2.24, 2.45) is 5.92 Å². The van der Waals surface area contributed by atoms with E-state index in [0.717, 1.165) is 29.3 Å². The summed E-state index contributed by atoms with van der Waals surface area (Å²) >= 11 is 0. The Morgan fingerprint density at radius 2 is 2.00 bits per heavy atom. The molecule has 0 spiro atoms. The van der Waals surface area contributed by atoms with Crippen molar-refractivity contribution in [1.82, 2.24) is 5.32 Å². The van der Waals surface area contributed by atoms with Crippen LogP contribution in [-0.4, -0.2) is 30.9 Å². The molecule has 3 nitrogen and oxygen atoms in total. The van der Waals surface area contributed by atoms with Crippen molar-refractivity contribution < 1.29 is 9.84 Å². The molecule has 1 fully saturated rings. The summed E-state index contributed by atoms with van der Waals surface area (Å²) in [5.41, 5.74) is 2.24. The Balaban J connectivity index is 1.60. The summed E-state index contributed by atoms with van der Waals surface area (Å²) in [6, 6.07) is 6.09. The molecule has 2 rings (SSSR count). The molecule has 3 heteroatoms. The van der Waals surface area contributed by atoms with Gasteiger partial charge in [-0.1, -0.05) is 31.0 Å².